The number of hydrogen-bond acceptors (Lipinski definition) is 4. The Bertz CT molecular complexity index is 491. The van der Waals surface area contributed by atoms with Gasteiger partial charge < -0.3 is 11.1 Å². The van der Waals surface area contributed by atoms with E-state index in [0.717, 1.165) is 5.56 Å². The van der Waals surface area contributed by atoms with Gasteiger partial charge in [0.1, 0.15) is 6.07 Å². The summed E-state index contributed by atoms with van der Waals surface area (Å²) in [5.74, 6) is -0.553. The third-order valence-corrected chi connectivity index (χ3v) is 2.09. The number of nitriles is 1. The summed E-state index contributed by atoms with van der Waals surface area (Å²) < 4.78 is 0. The number of nitrogens with zero attached hydrogens (tertiary/aromatic N) is 1. The maximum absolute atomic E-state index is 11.2. The van der Waals surface area contributed by atoms with E-state index < -0.39 is 11.9 Å². The number of urea groups is 1. The van der Waals surface area contributed by atoms with Crippen LogP contribution in [0.2, 0.25) is 0 Å². The SMILES string of the molecule is Cc1cccc(NCC(=O)NC(N)=O)c1C#N. The van der Waals surface area contributed by atoms with Gasteiger partial charge in [0, 0.05) is 0 Å². The monoisotopic (exact) mass is 232 g/mol. The molecule has 0 atom stereocenters. The Morgan fingerprint density at radius 3 is 2.76 bits per heavy atom. The number of anilines is 1. The molecule has 0 aliphatic heterocycles. The molecule has 6 heteroatoms. The van der Waals surface area contributed by atoms with Crippen LogP contribution in [0, 0.1) is 18.3 Å². The smallest absolute Gasteiger partial charge is 0.318 e. The zero-order valence-electron chi connectivity index (χ0n) is 9.28. The van der Waals surface area contributed by atoms with E-state index in [4.69, 9.17) is 11.0 Å². The lowest BCUT2D eigenvalue weighted by Crippen LogP contribution is -2.38. The zero-order valence-corrected chi connectivity index (χ0v) is 9.28. The lowest BCUT2D eigenvalue weighted by Gasteiger charge is -2.08. The van der Waals surface area contributed by atoms with Gasteiger partial charge in [-0.15, -0.1) is 0 Å². The molecule has 1 aromatic carbocycles. The Morgan fingerprint density at radius 1 is 1.47 bits per heavy atom. The van der Waals surface area contributed by atoms with E-state index in [1.807, 2.05) is 11.4 Å². The maximum atomic E-state index is 11.2. The van der Waals surface area contributed by atoms with Gasteiger partial charge in [0.05, 0.1) is 17.8 Å². The average molecular weight is 232 g/mol. The molecule has 0 bridgehead atoms. The standard InChI is InChI=1S/C11H12N4O2/c1-7-3-2-4-9(8(7)5-12)14-6-10(16)15-11(13)17/h2-4,14H,6H2,1H3,(H3,13,15,16,17). The van der Waals surface area contributed by atoms with Crippen molar-refractivity contribution in [3.05, 3.63) is 29.3 Å². The van der Waals surface area contributed by atoms with Crippen molar-refractivity contribution in [2.75, 3.05) is 11.9 Å². The molecule has 4 N–H and O–H groups in total. The molecule has 0 radical (unpaired) electrons. The minimum Gasteiger partial charge on any atom is -0.375 e. The van der Waals surface area contributed by atoms with Gasteiger partial charge in [0.2, 0.25) is 5.91 Å². The second-order valence-corrected chi connectivity index (χ2v) is 3.38. The lowest BCUT2D eigenvalue weighted by atomic mass is 10.1. The minimum absolute atomic E-state index is 0.124. The van der Waals surface area contributed by atoms with E-state index in [1.165, 1.54) is 0 Å². The van der Waals surface area contributed by atoms with Crippen LogP contribution in [0.25, 0.3) is 0 Å². The van der Waals surface area contributed by atoms with Crippen molar-refractivity contribution in [2.45, 2.75) is 6.92 Å². The van der Waals surface area contributed by atoms with Crippen molar-refractivity contribution in [1.82, 2.24) is 5.32 Å². The normalized spacial score (nSPS) is 9.18. The highest BCUT2D eigenvalue weighted by Gasteiger charge is 2.07. The highest BCUT2D eigenvalue weighted by molar-refractivity contribution is 5.95. The predicted octanol–water partition coefficient (Wildman–Crippen LogP) is 0.474. The second kappa shape index (κ2) is 5.51. The number of imide groups is 1. The molecule has 0 unspecified atom stereocenters. The van der Waals surface area contributed by atoms with Crippen molar-refractivity contribution in [2.24, 2.45) is 5.73 Å². The summed E-state index contributed by atoms with van der Waals surface area (Å²) in [6.45, 7) is 1.67. The van der Waals surface area contributed by atoms with Crippen LogP contribution in [0.4, 0.5) is 10.5 Å². The number of aryl methyl sites for hydroxylation is 1. The molecule has 0 aromatic heterocycles. The van der Waals surface area contributed by atoms with E-state index in [0.29, 0.717) is 11.3 Å². The number of nitrogens with two attached hydrogens (primary N) is 1. The Balaban J connectivity index is 2.70. The first-order chi connectivity index (χ1) is 8.04. The van der Waals surface area contributed by atoms with Crippen molar-refractivity contribution >= 4 is 17.6 Å². The molecule has 0 fully saturated rings. The van der Waals surface area contributed by atoms with Crippen LogP contribution in [0.1, 0.15) is 11.1 Å². The van der Waals surface area contributed by atoms with Gasteiger partial charge in [-0.2, -0.15) is 5.26 Å². The molecule has 1 rings (SSSR count). The number of carbonyl (C=O) groups is 2. The third kappa shape index (κ3) is 3.50. The molecule has 17 heavy (non-hydrogen) atoms. The van der Waals surface area contributed by atoms with Crippen LogP contribution in [-0.4, -0.2) is 18.5 Å². The number of hydrogen-bond donors (Lipinski definition) is 3. The number of carbonyl (C=O) groups excluding carboxylic acids is 2. The molecule has 0 saturated carbocycles. The summed E-state index contributed by atoms with van der Waals surface area (Å²) >= 11 is 0. The lowest BCUT2D eigenvalue weighted by molar-refractivity contribution is -0.118. The highest BCUT2D eigenvalue weighted by Crippen LogP contribution is 2.17. The first kappa shape index (κ1) is 12.5. The Hall–Kier alpha value is -2.55. The van der Waals surface area contributed by atoms with Gasteiger partial charge in [-0.3, -0.25) is 10.1 Å². The highest BCUT2D eigenvalue weighted by atomic mass is 16.2. The Labute approximate surface area is 98.4 Å². The van der Waals surface area contributed by atoms with Crippen LogP contribution in [0.3, 0.4) is 0 Å². The number of amides is 3. The summed E-state index contributed by atoms with van der Waals surface area (Å²) in [7, 11) is 0. The fourth-order valence-corrected chi connectivity index (χ4v) is 1.32. The van der Waals surface area contributed by atoms with E-state index in [-0.39, 0.29) is 6.54 Å². The molecule has 6 nitrogen and oxygen atoms in total. The summed E-state index contributed by atoms with van der Waals surface area (Å²) in [4.78, 5) is 21.6. The second-order valence-electron chi connectivity index (χ2n) is 3.38. The van der Waals surface area contributed by atoms with E-state index in [9.17, 15) is 9.59 Å². The van der Waals surface area contributed by atoms with Crippen LogP contribution in [0.5, 0.6) is 0 Å². The molecule has 1 aromatic rings. The van der Waals surface area contributed by atoms with E-state index in [2.05, 4.69) is 5.32 Å². The van der Waals surface area contributed by atoms with Gasteiger partial charge in [0.25, 0.3) is 0 Å². The fourth-order valence-electron chi connectivity index (χ4n) is 1.32. The van der Waals surface area contributed by atoms with Crippen molar-refractivity contribution in [1.29, 1.82) is 5.26 Å². The quantitative estimate of drug-likeness (QED) is 0.704. The van der Waals surface area contributed by atoms with Crippen molar-refractivity contribution in [3.63, 3.8) is 0 Å². The molecule has 0 heterocycles. The summed E-state index contributed by atoms with van der Waals surface area (Å²) in [6, 6.07) is 6.39. The van der Waals surface area contributed by atoms with Crippen molar-refractivity contribution < 1.29 is 9.59 Å². The molecule has 0 aliphatic carbocycles. The number of nitrogens with one attached hydrogen (secondary N) is 2. The number of benzene rings is 1. The van der Waals surface area contributed by atoms with Crippen LogP contribution in [0.15, 0.2) is 18.2 Å². The molecule has 0 spiro atoms. The third-order valence-electron chi connectivity index (χ3n) is 2.09. The summed E-state index contributed by atoms with van der Waals surface area (Å²) in [5, 5.41) is 13.6. The number of primary amides is 1. The maximum Gasteiger partial charge on any atom is 0.318 e. The first-order valence-corrected chi connectivity index (χ1v) is 4.87. The largest absolute Gasteiger partial charge is 0.375 e. The van der Waals surface area contributed by atoms with Gasteiger partial charge in [-0.1, -0.05) is 12.1 Å². The van der Waals surface area contributed by atoms with Gasteiger partial charge in [0.15, 0.2) is 0 Å². The summed E-state index contributed by atoms with van der Waals surface area (Å²) in [5.41, 5.74) is 6.62. The zero-order chi connectivity index (χ0) is 12.8. The first-order valence-electron chi connectivity index (χ1n) is 4.87. The van der Waals surface area contributed by atoms with E-state index in [1.54, 1.807) is 25.1 Å². The molecule has 88 valence electrons. The predicted molar refractivity (Wildman–Crippen MR) is 62.1 cm³/mol. The van der Waals surface area contributed by atoms with Gasteiger partial charge in [-0.25, -0.2) is 4.79 Å². The summed E-state index contributed by atoms with van der Waals surface area (Å²) in [6.07, 6.45) is 0. The molecule has 3 amide bonds. The molecular formula is C11H12N4O2. The van der Waals surface area contributed by atoms with Gasteiger partial charge in [-0.05, 0) is 18.6 Å². The van der Waals surface area contributed by atoms with Crippen LogP contribution >= 0.6 is 0 Å². The van der Waals surface area contributed by atoms with Crippen LogP contribution < -0.4 is 16.4 Å². The molecule has 0 aliphatic rings. The van der Waals surface area contributed by atoms with E-state index >= 15 is 0 Å². The Morgan fingerprint density at radius 2 is 2.18 bits per heavy atom. The fraction of sp³-hybridized carbons (Fsp3) is 0.182. The number of rotatable bonds is 3. The molecule has 0 saturated heterocycles. The minimum atomic E-state index is -0.901. The average Bonchev–Trinajstić information content (AvgIpc) is 2.25. The van der Waals surface area contributed by atoms with Crippen molar-refractivity contribution in [3.8, 4) is 6.07 Å². The van der Waals surface area contributed by atoms with Gasteiger partial charge >= 0.3 is 6.03 Å². The van der Waals surface area contributed by atoms with Crippen LogP contribution in [-0.2, 0) is 4.79 Å². The molecular weight excluding hydrogens is 220 g/mol. The Kier molecular flexibility index (Phi) is 4.06. The topological polar surface area (TPSA) is 108 Å².